The summed E-state index contributed by atoms with van der Waals surface area (Å²) in [5.74, 6) is -2.30. The number of barbiturate groups is 1. The summed E-state index contributed by atoms with van der Waals surface area (Å²) in [7, 11) is 0. The van der Waals surface area contributed by atoms with Crippen molar-refractivity contribution in [2.45, 2.75) is 6.92 Å². The summed E-state index contributed by atoms with van der Waals surface area (Å²) >= 11 is 5.30. The molecule has 24 heavy (non-hydrogen) atoms. The lowest BCUT2D eigenvalue weighted by molar-refractivity contribution is -0.902. The van der Waals surface area contributed by atoms with Crippen LogP contribution in [-0.4, -0.2) is 79.9 Å². The van der Waals surface area contributed by atoms with Crippen LogP contribution in [0.15, 0.2) is 4.99 Å². The fourth-order valence-electron chi connectivity index (χ4n) is 2.61. The van der Waals surface area contributed by atoms with Crippen LogP contribution in [0, 0.1) is 5.92 Å². The quantitative estimate of drug-likeness (QED) is 0.240. The lowest BCUT2D eigenvalue weighted by Gasteiger charge is -2.33. The molecule has 0 aromatic heterocycles. The Morgan fingerprint density at radius 3 is 2.54 bits per heavy atom. The van der Waals surface area contributed by atoms with E-state index in [4.69, 9.17) is 12.2 Å². The third kappa shape index (κ3) is 4.96. The third-order valence-corrected chi connectivity index (χ3v) is 4.38. The average molecular weight is 355 g/mol. The highest BCUT2D eigenvalue weighted by Gasteiger charge is 2.32. The zero-order chi connectivity index (χ0) is 17.5. The molecule has 132 valence electrons. The second-order valence-corrected chi connectivity index (χ2v) is 6.05. The molecule has 0 aliphatic carbocycles. The summed E-state index contributed by atoms with van der Waals surface area (Å²) in [4.78, 5) is 41.8. The molecule has 9 nitrogen and oxygen atoms in total. The van der Waals surface area contributed by atoms with E-state index < -0.39 is 23.8 Å². The standard InChI is InChI=1S/C14H22N6O3S/c1-2-16-14(24)20-7-5-19(6-8-20)4-3-15-9-10-11(21)17-13(23)18-12(10)22/h9-10H,2-8H2,1H3,(H,16,24)(H2,17,18,21,22,23)/p+1. The highest BCUT2D eigenvalue weighted by atomic mass is 32.1. The van der Waals surface area contributed by atoms with Crippen molar-refractivity contribution in [3.63, 3.8) is 0 Å². The van der Waals surface area contributed by atoms with Gasteiger partial charge in [-0.25, -0.2) is 4.79 Å². The maximum absolute atomic E-state index is 11.6. The van der Waals surface area contributed by atoms with Gasteiger partial charge in [-0.3, -0.25) is 25.2 Å². The molecule has 0 atom stereocenters. The summed E-state index contributed by atoms with van der Waals surface area (Å²) in [5.41, 5.74) is 0. The van der Waals surface area contributed by atoms with E-state index >= 15 is 0 Å². The van der Waals surface area contributed by atoms with Crippen molar-refractivity contribution < 1.29 is 19.3 Å². The molecule has 0 radical (unpaired) electrons. The Morgan fingerprint density at radius 2 is 1.96 bits per heavy atom. The lowest BCUT2D eigenvalue weighted by Crippen LogP contribution is -3.15. The topological polar surface area (TPSA) is 107 Å². The molecule has 2 aliphatic heterocycles. The van der Waals surface area contributed by atoms with E-state index in [1.54, 1.807) is 0 Å². The van der Waals surface area contributed by atoms with Gasteiger partial charge in [-0.1, -0.05) is 0 Å². The van der Waals surface area contributed by atoms with E-state index in [-0.39, 0.29) is 0 Å². The van der Waals surface area contributed by atoms with Crippen molar-refractivity contribution in [2.75, 3.05) is 45.8 Å². The maximum Gasteiger partial charge on any atom is 0.328 e. The monoisotopic (exact) mass is 355 g/mol. The molecule has 2 saturated heterocycles. The van der Waals surface area contributed by atoms with Gasteiger partial charge in [0.25, 0.3) is 0 Å². The predicted molar refractivity (Wildman–Crippen MR) is 91.9 cm³/mol. The van der Waals surface area contributed by atoms with Crippen LogP contribution in [0.3, 0.4) is 0 Å². The molecule has 4 N–H and O–H groups in total. The van der Waals surface area contributed by atoms with Crippen LogP contribution < -0.4 is 20.9 Å². The zero-order valence-corrected chi connectivity index (χ0v) is 14.4. The number of quaternary nitrogens is 1. The molecule has 2 heterocycles. The number of urea groups is 1. The van der Waals surface area contributed by atoms with Crippen LogP contribution in [0.5, 0.6) is 0 Å². The Balaban J connectivity index is 1.70. The smallest absolute Gasteiger partial charge is 0.328 e. The van der Waals surface area contributed by atoms with Crippen molar-refractivity contribution in [1.29, 1.82) is 0 Å². The minimum atomic E-state index is -1.04. The highest BCUT2D eigenvalue weighted by Crippen LogP contribution is 1.98. The molecular formula is C14H23N6O3S+. The summed E-state index contributed by atoms with van der Waals surface area (Å²) in [6.07, 6.45) is 1.31. The Bertz CT molecular complexity index is 525. The minimum Gasteiger partial charge on any atom is -0.363 e. The fraction of sp³-hybridized carbons (Fsp3) is 0.643. The normalized spacial score (nSPS) is 20.2. The summed E-state index contributed by atoms with van der Waals surface area (Å²) in [6, 6.07) is -0.785. The Morgan fingerprint density at radius 1 is 1.33 bits per heavy atom. The SMILES string of the molecule is CCNC(=S)N1CC[NH+](CCN=CC2C(=O)NC(=O)NC2=O)CC1. The largest absolute Gasteiger partial charge is 0.363 e. The number of aliphatic imine (C=N–C) groups is 1. The molecule has 0 unspecified atom stereocenters. The van der Waals surface area contributed by atoms with Crippen LogP contribution >= 0.6 is 12.2 Å². The summed E-state index contributed by atoms with van der Waals surface area (Å²) < 4.78 is 0. The van der Waals surface area contributed by atoms with Gasteiger partial charge in [0.05, 0.1) is 39.3 Å². The average Bonchev–Trinajstić information content (AvgIpc) is 2.54. The summed E-state index contributed by atoms with van der Waals surface area (Å²) in [5, 5.41) is 8.05. The van der Waals surface area contributed by atoms with Gasteiger partial charge in [0.2, 0.25) is 11.8 Å². The highest BCUT2D eigenvalue weighted by molar-refractivity contribution is 7.80. The van der Waals surface area contributed by atoms with Crippen LogP contribution in [0.25, 0.3) is 0 Å². The van der Waals surface area contributed by atoms with E-state index in [9.17, 15) is 14.4 Å². The Hall–Kier alpha value is -2.07. The van der Waals surface area contributed by atoms with Gasteiger partial charge in [0.1, 0.15) is 0 Å². The van der Waals surface area contributed by atoms with Crippen molar-refractivity contribution in [1.82, 2.24) is 20.9 Å². The number of imide groups is 2. The number of nitrogens with zero attached hydrogens (tertiary/aromatic N) is 2. The molecule has 4 amide bonds. The number of nitrogens with one attached hydrogen (secondary N) is 4. The molecule has 2 rings (SSSR count). The Labute approximate surface area is 145 Å². The molecule has 2 aliphatic rings. The predicted octanol–water partition coefficient (Wildman–Crippen LogP) is -2.87. The van der Waals surface area contributed by atoms with E-state index in [0.29, 0.717) is 6.54 Å². The summed E-state index contributed by atoms with van der Waals surface area (Å²) in [6.45, 7) is 7.95. The van der Waals surface area contributed by atoms with E-state index in [0.717, 1.165) is 44.4 Å². The van der Waals surface area contributed by atoms with Gasteiger partial charge >= 0.3 is 6.03 Å². The number of carbonyl (C=O) groups is 3. The lowest BCUT2D eigenvalue weighted by atomic mass is 10.1. The van der Waals surface area contributed by atoms with Crippen molar-refractivity contribution in [3.05, 3.63) is 0 Å². The number of hydrogen-bond acceptors (Lipinski definition) is 5. The van der Waals surface area contributed by atoms with Crippen LogP contribution in [0.1, 0.15) is 6.92 Å². The van der Waals surface area contributed by atoms with Gasteiger partial charge in [-0.2, -0.15) is 0 Å². The fourth-order valence-corrected chi connectivity index (χ4v) is 2.93. The van der Waals surface area contributed by atoms with Crippen LogP contribution in [-0.2, 0) is 9.59 Å². The Kier molecular flexibility index (Phi) is 6.62. The minimum absolute atomic E-state index is 0.526. The first kappa shape index (κ1) is 18.3. The van der Waals surface area contributed by atoms with Gasteiger partial charge in [0.15, 0.2) is 11.0 Å². The van der Waals surface area contributed by atoms with Gasteiger partial charge < -0.3 is 15.1 Å². The molecule has 2 fully saturated rings. The maximum atomic E-state index is 11.6. The van der Waals surface area contributed by atoms with Gasteiger partial charge in [-0.15, -0.1) is 0 Å². The molecule has 0 saturated carbocycles. The van der Waals surface area contributed by atoms with E-state index in [1.807, 2.05) is 17.6 Å². The first-order valence-electron chi connectivity index (χ1n) is 8.03. The van der Waals surface area contributed by atoms with Crippen molar-refractivity contribution in [2.24, 2.45) is 10.9 Å². The first-order valence-corrected chi connectivity index (χ1v) is 8.44. The van der Waals surface area contributed by atoms with Gasteiger partial charge in [0, 0.05) is 12.8 Å². The number of piperazine rings is 1. The second kappa shape index (κ2) is 8.69. The molecule has 0 aromatic carbocycles. The number of hydrogen-bond donors (Lipinski definition) is 4. The van der Waals surface area contributed by atoms with Crippen LogP contribution in [0.2, 0.25) is 0 Å². The van der Waals surface area contributed by atoms with Crippen molar-refractivity contribution >= 4 is 41.4 Å². The molecule has 0 bridgehead atoms. The number of rotatable bonds is 5. The zero-order valence-electron chi connectivity index (χ0n) is 13.6. The molecule has 10 heteroatoms. The van der Waals surface area contributed by atoms with Crippen molar-refractivity contribution in [3.8, 4) is 0 Å². The first-order chi connectivity index (χ1) is 11.5. The second-order valence-electron chi connectivity index (χ2n) is 5.66. The van der Waals surface area contributed by atoms with Gasteiger partial charge in [-0.05, 0) is 19.1 Å². The number of amides is 4. The van der Waals surface area contributed by atoms with Crippen LogP contribution in [0.4, 0.5) is 4.79 Å². The third-order valence-electron chi connectivity index (χ3n) is 3.97. The molecule has 0 spiro atoms. The van der Waals surface area contributed by atoms with E-state index in [2.05, 4.69) is 15.2 Å². The number of thiocarbonyl (C=S) groups is 1. The molecule has 0 aromatic rings. The van der Waals surface area contributed by atoms with E-state index in [1.165, 1.54) is 11.1 Å². The number of carbonyl (C=O) groups excluding carboxylic acids is 3. The molecular weight excluding hydrogens is 332 g/mol.